The summed E-state index contributed by atoms with van der Waals surface area (Å²) in [6.45, 7) is 0.309. The molecule has 1 saturated carbocycles. The predicted octanol–water partition coefficient (Wildman–Crippen LogP) is 3.81. The molecule has 1 aliphatic carbocycles. The van der Waals surface area contributed by atoms with Gasteiger partial charge in [0.2, 0.25) is 5.91 Å². The van der Waals surface area contributed by atoms with Gasteiger partial charge >= 0.3 is 0 Å². The largest absolute Gasteiger partial charge is 0.459 e. The van der Waals surface area contributed by atoms with E-state index >= 15 is 0 Å². The molecule has 1 aromatic heterocycles. The number of furan rings is 1. The fourth-order valence-corrected chi connectivity index (χ4v) is 2.94. The van der Waals surface area contributed by atoms with Gasteiger partial charge in [-0.3, -0.25) is 14.4 Å². The normalized spacial score (nSPS) is 12.8. The molecule has 1 fully saturated rings. The maximum atomic E-state index is 12.4. The van der Waals surface area contributed by atoms with E-state index in [2.05, 4.69) is 16.0 Å². The van der Waals surface area contributed by atoms with Crippen LogP contribution in [0.2, 0.25) is 0 Å². The molecule has 0 aliphatic heterocycles. The number of anilines is 2. The summed E-state index contributed by atoms with van der Waals surface area (Å²) >= 11 is 0. The minimum Gasteiger partial charge on any atom is -0.459 e. The van der Waals surface area contributed by atoms with E-state index in [0.29, 0.717) is 23.5 Å². The maximum Gasteiger partial charge on any atom is 0.291 e. The average molecular weight is 403 g/mol. The summed E-state index contributed by atoms with van der Waals surface area (Å²) in [5, 5.41) is 8.46. The van der Waals surface area contributed by atoms with Gasteiger partial charge in [0, 0.05) is 29.4 Å². The van der Waals surface area contributed by atoms with E-state index in [4.69, 9.17) is 4.42 Å². The van der Waals surface area contributed by atoms with Gasteiger partial charge < -0.3 is 20.4 Å². The summed E-state index contributed by atoms with van der Waals surface area (Å²) < 4.78 is 5.08. The highest BCUT2D eigenvalue weighted by molar-refractivity contribution is 6.02. The Balaban J connectivity index is 1.31. The average Bonchev–Trinajstić information content (AvgIpc) is 3.47. The lowest BCUT2D eigenvalue weighted by Crippen LogP contribution is -2.23. The maximum absolute atomic E-state index is 12.4. The molecule has 7 nitrogen and oxygen atoms in total. The Morgan fingerprint density at radius 1 is 0.867 bits per heavy atom. The molecule has 1 aliphatic rings. The molecular weight excluding hydrogens is 382 g/mol. The Labute approximate surface area is 173 Å². The van der Waals surface area contributed by atoms with Gasteiger partial charge in [0.25, 0.3) is 11.8 Å². The molecule has 3 aromatic rings. The molecule has 30 heavy (non-hydrogen) atoms. The quantitative estimate of drug-likeness (QED) is 0.558. The highest BCUT2D eigenvalue weighted by atomic mass is 16.3. The minimum absolute atomic E-state index is 0.0335. The molecule has 0 bridgehead atoms. The third kappa shape index (κ3) is 4.94. The smallest absolute Gasteiger partial charge is 0.291 e. The van der Waals surface area contributed by atoms with Gasteiger partial charge in [0.15, 0.2) is 5.76 Å². The van der Waals surface area contributed by atoms with E-state index in [1.54, 1.807) is 54.6 Å². The Hall–Kier alpha value is -3.87. The zero-order chi connectivity index (χ0) is 20.9. The SMILES string of the molecule is O=C(NCc1cccc(NC(=O)c2ccco2)c1)c1ccc(NC(=O)C2CC2)cc1. The number of nitrogens with one attached hydrogen (secondary N) is 3. The van der Waals surface area contributed by atoms with Gasteiger partial charge in [-0.2, -0.15) is 0 Å². The van der Waals surface area contributed by atoms with Gasteiger partial charge in [0.05, 0.1) is 6.26 Å². The first-order chi connectivity index (χ1) is 14.6. The van der Waals surface area contributed by atoms with Gasteiger partial charge in [0.1, 0.15) is 0 Å². The second-order valence-electron chi connectivity index (χ2n) is 7.16. The van der Waals surface area contributed by atoms with E-state index in [-0.39, 0.29) is 29.4 Å². The van der Waals surface area contributed by atoms with Crippen molar-refractivity contribution in [3.05, 3.63) is 83.8 Å². The van der Waals surface area contributed by atoms with E-state index in [1.807, 2.05) is 6.07 Å². The lowest BCUT2D eigenvalue weighted by Gasteiger charge is -2.09. The second-order valence-corrected chi connectivity index (χ2v) is 7.16. The summed E-state index contributed by atoms with van der Waals surface area (Å²) in [6, 6.07) is 17.3. The standard InChI is InChI=1S/C23H21N3O4/c27-21(16-8-10-18(11-9-16)25-22(28)17-6-7-17)24-14-15-3-1-4-19(13-15)26-23(29)20-5-2-12-30-20/h1-5,8-13,17H,6-7,14H2,(H,24,27)(H,25,28)(H,26,29). The fourth-order valence-electron chi connectivity index (χ4n) is 2.94. The molecule has 0 spiro atoms. The number of hydrogen-bond acceptors (Lipinski definition) is 4. The van der Waals surface area contributed by atoms with Crippen molar-refractivity contribution < 1.29 is 18.8 Å². The number of benzene rings is 2. The van der Waals surface area contributed by atoms with E-state index in [1.165, 1.54) is 6.26 Å². The molecule has 2 aromatic carbocycles. The van der Waals surface area contributed by atoms with Crippen LogP contribution in [0.4, 0.5) is 11.4 Å². The summed E-state index contributed by atoms with van der Waals surface area (Å²) in [7, 11) is 0. The monoisotopic (exact) mass is 403 g/mol. The van der Waals surface area contributed by atoms with Crippen LogP contribution in [0.15, 0.2) is 71.3 Å². The van der Waals surface area contributed by atoms with Crippen LogP contribution in [0.1, 0.15) is 39.3 Å². The van der Waals surface area contributed by atoms with Crippen LogP contribution in [0.5, 0.6) is 0 Å². The first-order valence-corrected chi connectivity index (χ1v) is 9.71. The third-order valence-electron chi connectivity index (χ3n) is 4.75. The van der Waals surface area contributed by atoms with Crippen molar-refractivity contribution in [1.29, 1.82) is 0 Å². The first kappa shape index (κ1) is 19.4. The van der Waals surface area contributed by atoms with Crippen LogP contribution in [-0.2, 0) is 11.3 Å². The lowest BCUT2D eigenvalue weighted by molar-refractivity contribution is -0.117. The molecule has 4 rings (SSSR count). The molecular formula is C23H21N3O4. The van der Waals surface area contributed by atoms with Gasteiger partial charge in [-0.1, -0.05) is 12.1 Å². The molecule has 0 atom stereocenters. The Kier molecular flexibility index (Phi) is 5.61. The molecule has 1 heterocycles. The molecule has 152 valence electrons. The zero-order valence-electron chi connectivity index (χ0n) is 16.2. The van der Waals surface area contributed by atoms with Gasteiger partial charge in [-0.15, -0.1) is 0 Å². The Bertz CT molecular complexity index is 1050. The van der Waals surface area contributed by atoms with E-state index in [0.717, 1.165) is 18.4 Å². The van der Waals surface area contributed by atoms with Crippen molar-refractivity contribution >= 4 is 29.1 Å². The fraction of sp³-hybridized carbons (Fsp3) is 0.174. The van der Waals surface area contributed by atoms with Gasteiger partial charge in [-0.05, 0) is 66.9 Å². The molecule has 3 N–H and O–H groups in total. The number of carbonyl (C=O) groups excluding carboxylic acids is 3. The Morgan fingerprint density at radius 2 is 1.67 bits per heavy atom. The summed E-state index contributed by atoms with van der Waals surface area (Å²) in [6.07, 6.45) is 3.33. The molecule has 3 amide bonds. The molecule has 0 saturated heterocycles. The van der Waals surface area contributed by atoms with Gasteiger partial charge in [-0.25, -0.2) is 0 Å². The highest BCUT2D eigenvalue weighted by Gasteiger charge is 2.29. The van der Waals surface area contributed by atoms with Crippen LogP contribution in [0.3, 0.4) is 0 Å². The number of rotatable bonds is 7. The topological polar surface area (TPSA) is 100 Å². The zero-order valence-corrected chi connectivity index (χ0v) is 16.2. The highest BCUT2D eigenvalue weighted by Crippen LogP contribution is 2.30. The molecule has 0 unspecified atom stereocenters. The van der Waals surface area contributed by atoms with Crippen molar-refractivity contribution in [2.45, 2.75) is 19.4 Å². The van der Waals surface area contributed by atoms with Crippen LogP contribution < -0.4 is 16.0 Å². The van der Waals surface area contributed by atoms with Crippen molar-refractivity contribution in [2.24, 2.45) is 5.92 Å². The summed E-state index contributed by atoms with van der Waals surface area (Å²) in [4.78, 5) is 36.3. The molecule has 0 radical (unpaired) electrons. The third-order valence-corrected chi connectivity index (χ3v) is 4.75. The van der Waals surface area contributed by atoms with Crippen LogP contribution in [-0.4, -0.2) is 17.7 Å². The number of carbonyl (C=O) groups is 3. The number of amides is 3. The summed E-state index contributed by atoms with van der Waals surface area (Å²) in [5.74, 6) is -0.167. The van der Waals surface area contributed by atoms with Crippen LogP contribution in [0.25, 0.3) is 0 Å². The second kappa shape index (κ2) is 8.65. The van der Waals surface area contributed by atoms with Crippen molar-refractivity contribution in [1.82, 2.24) is 5.32 Å². The Morgan fingerprint density at radius 3 is 2.37 bits per heavy atom. The van der Waals surface area contributed by atoms with Crippen molar-refractivity contribution in [3.8, 4) is 0 Å². The van der Waals surface area contributed by atoms with Crippen molar-refractivity contribution in [2.75, 3.05) is 10.6 Å². The van der Waals surface area contributed by atoms with Crippen LogP contribution >= 0.6 is 0 Å². The summed E-state index contributed by atoms with van der Waals surface area (Å²) in [5.41, 5.74) is 2.64. The minimum atomic E-state index is -0.338. The molecule has 7 heteroatoms. The van der Waals surface area contributed by atoms with E-state index < -0.39 is 0 Å². The van der Waals surface area contributed by atoms with Crippen LogP contribution in [0, 0.1) is 5.92 Å². The predicted molar refractivity (Wildman–Crippen MR) is 112 cm³/mol. The lowest BCUT2D eigenvalue weighted by atomic mass is 10.1. The van der Waals surface area contributed by atoms with E-state index in [9.17, 15) is 14.4 Å². The number of hydrogen-bond donors (Lipinski definition) is 3. The van der Waals surface area contributed by atoms with Crippen molar-refractivity contribution in [3.63, 3.8) is 0 Å². The first-order valence-electron chi connectivity index (χ1n) is 9.71.